The molecule has 14 heavy (non-hydrogen) atoms. The Bertz CT molecular complexity index is 490. The van der Waals surface area contributed by atoms with Crippen LogP contribution in [0.2, 0.25) is 5.02 Å². The van der Waals surface area contributed by atoms with Crippen LogP contribution in [0.3, 0.4) is 0 Å². The summed E-state index contributed by atoms with van der Waals surface area (Å²) in [5, 5.41) is 0.00839. The number of aryl methyl sites for hydroxylation is 1. The van der Waals surface area contributed by atoms with Crippen LogP contribution in [0.4, 0.5) is 0 Å². The number of hydrogen-bond donors (Lipinski definition) is 1. The summed E-state index contributed by atoms with van der Waals surface area (Å²) in [6.45, 7) is 2.15. The topological polar surface area (TPSA) is 54.9 Å². The van der Waals surface area contributed by atoms with Gasteiger partial charge in [0.05, 0.1) is 0 Å². The molecular formula is C9H9ClN2O2. The predicted octanol–water partition coefficient (Wildman–Crippen LogP) is 0.603. The summed E-state index contributed by atoms with van der Waals surface area (Å²) in [5.74, 6) is 5.53. The van der Waals surface area contributed by atoms with Crippen molar-refractivity contribution in [2.24, 2.45) is 0 Å². The molecule has 1 rings (SSSR count). The smallest absolute Gasteiger partial charge is 0.298 e. The van der Waals surface area contributed by atoms with E-state index < -0.39 is 11.2 Å². The Morgan fingerprint density at radius 1 is 1.57 bits per heavy atom. The van der Waals surface area contributed by atoms with Gasteiger partial charge in [0.1, 0.15) is 5.02 Å². The monoisotopic (exact) mass is 212 g/mol. The SMILES string of the molecule is CC#CCCn1cc(Cl)c(=O)[nH]c1=O. The standard InChI is InChI=1S/C9H9ClN2O2/c1-2-3-4-5-12-6-7(10)8(13)11-9(12)14/h6H,4-5H2,1H3,(H,11,13,14). The number of nitrogens with zero attached hydrogens (tertiary/aromatic N) is 1. The molecule has 4 nitrogen and oxygen atoms in total. The molecule has 0 aliphatic rings. The highest BCUT2D eigenvalue weighted by Crippen LogP contribution is 1.96. The van der Waals surface area contributed by atoms with Crippen LogP contribution in [-0.4, -0.2) is 9.55 Å². The minimum absolute atomic E-state index is 0.00839. The van der Waals surface area contributed by atoms with E-state index in [1.54, 1.807) is 6.92 Å². The highest BCUT2D eigenvalue weighted by atomic mass is 35.5. The molecule has 0 aliphatic carbocycles. The van der Waals surface area contributed by atoms with Gasteiger partial charge in [-0.1, -0.05) is 11.6 Å². The normalized spacial score (nSPS) is 9.29. The molecule has 0 aliphatic heterocycles. The molecule has 1 aromatic rings. The second-order valence-corrected chi connectivity index (χ2v) is 3.01. The van der Waals surface area contributed by atoms with Crippen molar-refractivity contribution in [1.29, 1.82) is 0 Å². The van der Waals surface area contributed by atoms with Crippen LogP contribution in [0.15, 0.2) is 15.8 Å². The van der Waals surface area contributed by atoms with Crippen molar-refractivity contribution in [2.75, 3.05) is 0 Å². The Kier molecular flexibility index (Phi) is 3.55. The average molecular weight is 213 g/mol. The fourth-order valence-corrected chi connectivity index (χ4v) is 1.12. The van der Waals surface area contributed by atoms with Gasteiger partial charge in [0.15, 0.2) is 0 Å². The largest absolute Gasteiger partial charge is 0.328 e. The number of aromatic nitrogens is 2. The van der Waals surface area contributed by atoms with Crippen molar-refractivity contribution < 1.29 is 0 Å². The number of aromatic amines is 1. The molecule has 0 radical (unpaired) electrons. The molecule has 1 heterocycles. The lowest BCUT2D eigenvalue weighted by molar-refractivity contribution is 0.662. The van der Waals surface area contributed by atoms with Crippen LogP contribution in [-0.2, 0) is 6.54 Å². The summed E-state index contributed by atoms with van der Waals surface area (Å²) in [7, 11) is 0. The maximum absolute atomic E-state index is 11.2. The van der Waals surface area contributed by atoms with Crippen molar-refractivity contribution in [3.05, 3.63) is 32.1 Å². The highest BCUT2D eigenvalue weighted by molar-refractivity contribution is 6.30. The Labute approximate surface area is 85.5 Å². The summed E-state index contributed by atoms with van der Waals surface area (Å²) in [6.07, 6.45) is 1.87. The van der Waals surface area contributed by atoms with Gasteiger partial charge in [0, 0.05) is 19.2 Å². The molecule has 74 valence electrons. The average Bonchev–Trinajstić information content (AvgIpc) is 2.14. The van der Waals surface area contributed by atoms with E-state index in [0.29, 0.717) is 13.0 Å². The van der Waals surface area contributed by atoms with E-state index in [9.17, 15) is 9.59 Å². The molecule has 0 aromatic carbocycles. The number of rotatable bonds is 2. The minimum Gasteiger partial charge on any atom is -0.298 e. The number of H-pyrrole nitrogens is 1. The first kappa shape index (κ1) is 10.6. The van der Waals surface area contributed by atoms with Gasteiger partial charge in [-0.05, 0) is 6.92 Å². The minimum atomic E-state index is -0.561. The third-order valence-corrected chi connectivity index (χ3v) is 1.89. The molecule has 1 N–H and O–H groups in total. The van der Waals surface area contributed by atoms with Gasteiger partial charge in [0.2, 0.25) is 0 Å². The van der Waals surface area contributed by atoms with Gasteiger partial charge in [-0.15, -0.1) is 11.8 Å². The van der Waals surface area contributed by atoms with Crippen molar-refractivity contribution in [1.82, 2.24) is 9.55 Å². The Morgan fingerprint density at radius 3 is 2.93 bits per heavy atom. The van der Waals surface area contributed by atoms with Crippen LogP contribution < -0.4 is 11.2 Å². The van der Waals surface area contributed by atoms with Gasteiger partial charge in [0.25, 0.3) is 5.56 Å². The fraction of sp³-hybridized carbons (Fsp3) is 0.333. The molecule has 0 unspecified atom stereocenters. The second kappa shape index (κ2) is 4.68. The molecule has 0 saturated heterocycles. The predicted molar refractivity (Wildman–Crippen MR) is 54.4 cm³/mol. The van der Waals surface area contributed by atoms with Gasteiger partial charge < -0.3 is 0 Å². The first-order chi connectivity index (χ1) is 6.65. The summed E-state index contributed by atoms with van der Waals surface area (Å²) in [4.78, 5) is 24.2. The summed E-state index contributed by atoms with van der Waals surface area (Å²) in [6, 6.07) is 0. The molecule has 0 bridgehead atoms. The fourth-order valence-electron chi connectivity index (χ4n) is 0.950. The quantitative estimate of drug-likeness (QED) is 0.730. The second-order valence-electron chi connectivity index (χ2n) is 2.61. The Morgan fingerprint density at radius 2 is 2.29 bits per heavy atom. The number of hydrogen-bond acceptors (Lipinski definition) is 2. The first-order valence-corrected chi connectivity index (χ1v) is 4.42. The summed E-state index contributed by atoms with van der Waals surface area (Å²) < 4.78 is 1.33. The van der Waals surface area contributed by atoms with E-state index in [4.69, 9.17) is 11.6 Å². The van der Waals surface area contributed by atoms with Crippen LogP contribution in [0.5, 0.6) is 0 Å². The zero-order chi connectivity index (χ0) is 10.6. The van der Waals surface area contributed by atoms with E-state index >= 15 is 0 Å². The van der Waals surface area contributed by atoms with Crippen LogP contribution in [0.1, 0.15) is 13.3 Å². The van der Waals surface area contributed by atoms with Crippen molar-refractivity contribution in [3.8, 4) is 11.8 Å². The summed E-state index contributed by atoms with van der Waals surface area (Å²) in [5.41, 5.74) is -1.02. The Balaban J connectivity index is 2.97. The molecule has 0 atom stereocenters. The maximum atomic E-state index is 11.2. The van der Waals surface area contributed by atoms with Crippen LogP contribution >= 0.6 is 11.6 Å². The van der Waals surface area contributed by atoms with E-state index in [2.05, 4.69) is 16.8 Å². The molecule has 0 fully saturated rings. The van der Waals surface area contributed by atoms with E-state index in [0.717, 1.165) is 0 Å². The van der Waals surface area contributed by atoms with Crippen molar-refractivity contribution in [3.63, 3.8) is 0 Å². The third-order valence-electron chi connectivity index (χ3n) is 1.62. The van der Waals surface area contributed by atoms with Crippen molar-refractivity contribution >= 4 is 11.6 Å². The molecule has 1 aromatic heterocycles. The van der Waals surface area contributed by atoms with Crippen LogP contribution in [0.25, 0.3) is 0 Å². The lowest BCUT2D eigenvalue weighted by atomic mass is 10.4. The molecule has 0 saturated carbocycles. The van der Waals surface area contributed by atoms with Crippen LogP contribution in [0, 0.1) is 11.8 Å². The number of halogens is 1. The first-order valence-electron chi connectivity index (χ1n) is 4.04. The van der Waals surface area contributed by atoms with Gasteiger partial charge in [-0.25, -0.2) is 4.79 Å². The van der Waals surface area contributed by atoms with Crippen molar-refractivity contribution in [2.45, 2.75) is 19.9 Å². The van der Waals surface area contributed by atoms with Gasteiger partial charge in [-0.2, -0.15) is 0 Å². The van der Waals surface area contributed by atoms with E-state index in [1.165, 1.54) is 10.8 Å². The zero-order valence-corrected chi connectivity index (χ0v) is 8.39. The highest BCUT2D eigenvalue weighted by Gasteiger charge is 2.00. The van der Waals surface area contributed by atoms with E-state index in [1.807, 2.05) is 0 Å². The van der Waals surface area contributed by atoms with Gasteiger partial charge in [-0.3, -0.25) is 14.3 Å². The van der Waals surface area contributed by atoms with Gasteiger partial charge >= 0.3 is 5.69 Å². The zero-order valence-electron chi connectivity index (χ0n) is 7.63. The molecule has 5 heteroatoms. The molecule has 0 spiro atoms. The molecule has 0 amide bonds. The lowest BCUT2D eigenvalue weighted by Crippen LogP contribution is -2.29. The summed E-state index contributed by atoms with van der Waals surface area (Å²) >= 11 is 5.56. The number of nitrogens with one attached hydrogen (secondary N) is 1. The molecular weight excluding hydrogens is 204 g/mol. The maximum Gasteiger partial charge on any atom is 0.328 e. The lowest BCUT2D eigenvalue weighted by Gasteiger charge is -2.01. The third kappa shape index (κ3) is 2.51. The van der Waals surface area contributed by atoms with E-state index in [-0.39, 0.29) is 5.02 Å². The Hall–Kier alpha value is -1.47.